The topological polar surface area (TPSA) is 39.9 Å². The fraction of sp³-hybridized carbons (Fsp3) is 0.556. The molecule has 3 heteroatoms. The van der Waals surface area contributed by atoms with Crippen LogP contribution in [-0.4, -0.2) is 23.3 Å². The zero-order chi connectivity index (χ0) is 8.23. The summed E-state index contributed by atoms with van der Waals surface area (Å²) in [6, 6.07) is 2.06. The molecule has 0 spiro atoms. The number of piperidine rings is 1. The molecule has 1 aromatic heterocycles. The molecule has 0 saturated carbocycles. The Morgan fingerprint density at radius 1 is 1.17 bits per heavy atom. The summed E-state index contributed by atoms with van der Waals surface area (Å²) in [6.07, 6.45) is 5.98. The Labute approximate surface area is 72.2 Å². The second-order valence-corrected chi connectivity index (χ2v) is 3.12. The van der Waals surface area contributed by atoms with Crippen molar-refractivity contribution >= 4 is 0 Å². The number of hydrogen-bond donors (Lipinski definition) is 0. The highest BCUT2D eigenvalue weighted by Gasteiger charge is 2.15. The SMILES string of the molecule is c1cc(C2CC[N]CC2)cnn1. The van der Waals surface area contributed by atoms with E-state index in [-0.39, 0.29) is 0 Å². The second-order valence-electron chi connectivity index (χ2n) is 3.12. The van der Waals surface area contributed by atoms with Gasteiger partial charge in [-0.3, -0.25) is 0 Å². The van der Waals surface area contributed by atoms with Crippen LogP contribution in [-0.2, 0) is 0 Å². The summed E-state index contributed by atoms with van der Waals surface area (Å²) < 4.78 is 0. The zero-order valence-corrected chi connectivity index (χ0v) is 6.98. The molecule has 63 valence electrons. The highest BCUT2D eigenvalue weighted by atomic mass is 15.1. The highest BCUT2D eigenvalue weighted by Crippen LogP contribution is 2.23. The molecular weight excluding hydrogens is 150 g/mol. The minimum atomic E-state index is 0.665. The lowest BCUT2D eigenvalue weighted by atomic mass is 9.92. The molecule has 1 aliphatic rings. The first-order valence-corrected chi connectivity index (χ1v) is 4.36. The Bertz CT molecular complexity index is 229. The Hall–Kier alpha value is -0.960. The van der Waals surface area contributed by atoms with Gasteiger partial charge in [0.15, 0.2) is 0 Å². The Kier molecular flexibility index (Phi) is 2.32. The summed E-state index contributed by atoms with van der Waals surface area (Å²) in [5, 5.41) is 12.0. The van der Waals surface area contributed by atoms with Crippen LogP contribution in [0.1, 0.15) is 24.3 Å². The maximum atomic E-state index is 4.32. The van der Waals surface area contributed by atoms with E-state index in [1.54, 1.807) is 6.20 Å². The molecule has 3 nitrogen and oxygen atoms in total. The van der Waals surface area contributed by atoms with E-state index in [2.05, 4.69) is 21.6 Å². The van der Waals surface area contributed by atoms with Crippen LogP contribution in [0.4, 0.5) is 0 Å². The monoisotopic (exact) mass is 162 g/mol. The zero-order valence-electron chi connectivity index (χ0n) is 6.98. The molecule has 1 radical (unpaired) electrons. The maximum Gasteiger partial charge on any atom is 0.0531 e. The average molecular weight is 162 g/mol. The van der Waals surface area contributed by atoms with Crippen LogP contribution in [0.25, 0.3) is 0 Å². The van der Waals surface area contributed by atoms with Gasteiger partial charge in [-0.15, -0.1) is 0 Å². The second kappa shape index (κ2) is 3.63. The average Bonchev–Trinajstić information content (AvgIpc) is 2.21. The molecule has 2 heterocycles. The first-order valence-electron chi connectivity index (χ1n) is 4.36. The summed E-state index contributed by atoms with van der Waals surface area (Å²) in [7, 11) is 0. The van der Waals surface area contributed by atoms with Crippen molar-refractivity contribution in [1.82, 2.24) is 15.5 Å². The number of nitrogens with zero attached hydrogens (tertiary/aromatic N) is 3. The summed E-state index contributed by atoms with van der Waals surface area (Å²) >= 11 is 0. The van der Waals surface area contributed by atoms with E-state index in [0.29, 0.717) is 5.92 Å². The van der Waals surface area contributed by atoms with Crippen LogP contribution in [0.15, 0.2) is 18.5 Å². The van der Waals surface area contributed by atoms with Crippen molar-refractivity contribution in [3.63, 3.8) is 0 Å². The smallest absolute Gasteiger partial charge is 0.0531 e. The minimum absolute atomic E-state index is 0.665. The van der Waals surface area contributed by atoms with E-state index < -0.39 is 0 Å². The Morgan fingerprint density at radius 2 is 2.00 bits per heavy atom. The standard InChI is InChI=1S/C9H12N3/c1-4-10-5-2-8(1)9-3-6-11-12-7-9/h3,6-8H,1-2,4-5H2. The maximum absolute atomic E-state index is 4.32. The lowest BCUT2D eigenvalue weighted by Crippen LogP contribution is -2.21. The van der Waals surface area contributed by atoms with E-state index in [1.165, 1.54) is 18.4 Å². The van der Waals surface area contributed by atoms with E-state index in [9.17, 15) is 0 Å². The predicted molar refractivity (Wildman–Crippen MR) is 45.9 cm³/mol. The van der Waals surface area contributed by atoms with Crippen LogP contribution < -0.4 is 5.32 Å². The van der Waals surface area contributed by atoms with Crippen molar-refractivity contribution in [2.45, 2.75) is 18.8 Å². The molecular formula is C9H12N3. The Morgan fingerprint density at radius 3 is 2.67 bits per heavy atom. The first kappa shape index (κ1) is 7.68. The third kappa shape index (κ3) is 1.61. The van der Waals surface area contributed by atoms with Gasteiger partial charge in [-0.25, -0.2) is 5.32 Å². The van der Waals surface area contributed by atoms with E-state index in [0.717, 1.165) is 13.1 Å². The summed E-state index contributed by atoms with van der Waals surface area (Å²) in [5.74, 6) is 0.665. The van der Waals surface area contributed by atoms with Crippen molar-refractivity contribution in [2.75, 3.05) is 13.1 Å². The summed E-state index contributed by atoms with van der Waals surface area (Å²) in [6.45, 7) is 2.01. The molecule has 1 fully saturated rings. The van der Waals surface area contributed by atoms with Crippen LogP contribution >= 0.6 is 0 Å². The van der Waals surface area contributed by atoms with Gasteiger partial charge in [0.1, 0.15) is 0 Å². The van der Waals surface area contributed by atoms with E-state index in [1.807, 2.05) is 6.20 Å². The van der Waals surface area contributed by atoms with Gasteiger partial charge < -0.3 is 0 Å². The molecule has 1 saturated heterocycles. The highest BCUT2D eigenvalue weighted by molar-refractivity contribution is 5.12. The fourth-order valence-electron chi connectivity index (χ4n) is 1.63. The van der Waals surface area contributed by atoms with E-state index >= 15 is 0 Å². The van der Waals surface area contributed by atoms with Crippen LogP contribution in [0.3, 0.4) is 0 Å². The van der Waals surface area contributed by atoms with Crippen LogP contribution in [0.5, 0.6) is 0 Å². The summed E-state index contributed by atoms with van der Waals surface area (Å²) in [5.41, 5.74) is 1.32. The van der Waals surface area contributed by atoms with Crippen molar-refractivity contribution in [1.29, 1.82) is 0 Å². The number of hydrogen-bond acceptors (Lipinski definition) is 2. The van der Waals surface area contributed by atoms with Crippen molar-refractivity contribution in [3.8, 4) is 0 Å². The molecule has 0 aromatic carbocycles. The molecule has 0 N–H and O–H groups in total. The van der Waals surface area contributed by atoms with Crippen molar-refractivity contribution < 1.29 is 0 Å². The summed E-state index contributed by atoms with van der Waals surface area (Å²) in [4.78, 5) is 0. The first-order chi connectivity index (χ1) is 5.97. The Balaban J connectivity index is 2.08. The number of aromatic nitrogens is 2. The third-order valence-corrected chi connectivity index (χ3v) is 2.35. The van der Waals surface area contributed by atoms with Gasteiger partial charge in [0.2, 0.25) is 0 Å². The van der Waals surface area contributed by atoms with Crippen LogP contribution in [0, 0.1) is 0 Å². The van der Waals surface area contributed by atoms with Gasteiger partial charge in [0.05, 0.1) is 6.20 Å². The molecule has 0 aliphatic carbocycles. The molecule has 0 bridgehead atoms. The molecule has 0 atom stereocenters. The molecule has 0 unspecified atom stereocenters. The lowest BCUT2D eigenvalue weighted by molar-refractivity contribution is 0.452. The number of rotatable bonds is 1. The van der Waals surface area contributed by atoms with Crippen molar-refractivity contribution in [2.24, 2.45) is 0 Å². The third-order valence-electron chi connectivity index (χ3n) is 2.35. The van der Waals surface area contributed by atoms with Gasteiger partial charge in [0, 0.05) is 19.3 Å². The van der Waals surface area contributed by atoms with Gasteiger partial charge in [-0.05, 0) is 30.4 Å². The molecule has 1 aromatic rings. The minimum Gasteiger partial charge on any atom is -0.242 e. The van der Waals surface area contributed by atoms with Gasteiger partial charge >= 0.3 is 0 Å². The quantitative estimate of drug-likeness (QED) is 0.617. The molecule has 12 heavy (non-hydrogen) atoms. The molecule has 1 aliphatic heterocycles. The fourth-order valence-corrected chi connectivity index (χ4v) is 1.63. The lowest BCUT2D eigenvalue weighted by Gasteiger charge is -2.20. The van der Waals surface area contributed by atoms with E-state index in [4.69, 9.17) is 0 Å². The van der Waals surface area contributed by atoms with Gasteiger partial charge in [0.25, 0.3) is 0 Å². The van der Waals surface area contributed by atoms with Gasteiger partial charge in [-0.1, -0.05) is 0 Å². The van der Waals surface area contributed by atoms with Crippen LogP contribution in [0.2, 0.25) is 0 Å². The van der Waals surface area contributed by atoms with Crippen molar-refractivity contribution in [3.05, 3.63) is 24.0 Å². The molecule has 0 amide bonds. The normalized spacial score (nSPS) is 19.3. The predicted octanol–water partition coefficient (Wildman–Crippen LogP) is 0.958. The molecule has 2 rings (SSSR count). The largest absolute Gasteiger partial charge is 0.242 e. The van der Waals surface area contributed by atoms with Gasteiger partial charge in [-0.2, -0.15) is 10.2 Å².